The molecular weight excluding hydrogens is 204 g/mol. The van der Waals surface area contributed by atoms with Crippen molar-refractivity contribution >= 4 is 0 Å². The Morgan fingerprint density at radius 2 is 1.18 bits per heavy atom. The summed E-state index contributed by atoms with van der Waals surface area (Å²) in [6.45, 7) is 16.1. The van der Waals surface area contributed by atoms with Crippen molar-refractivity contribution in [2.75, 3.05) is 0 Å². The highest BCUT2D eigenvalue weighted by molar-refractivity contribution is 5.54. The van der Waals surface area contributed by atoms with Crippen LogP contribution in [0, 0.1) is 6.92 Å². The molecule has 0 saturated carbocycles. The summed E-state index contributed by atoms with van der Waals surface area (Å²) in [5.41, 5.74) is 7.75. The van der Waals surface area contributed by atoms with E-state index in [4.69, 9.17) is 0 Å². The quantitative estimate of drug-likeness (QED) is 0.554. The van der Waals surface area contributed by atoms with Crippen molar-refractivity contribution < 1.29 is 0 Å². The third kappa shape index (κ3) is 1.57. The van der Waals surface area contributed by atoms with Gasteiger partial charge in [-0.05, 0) is 31.9 Å². The Morgan fingerprint density at radius 1 is 0.706 bits per heavy atom. The molecule has 17 heavy (non-hydrogen) atoms. The van der Waals surface area contributed by atoms with Crippen LogP contribution in [0.4, 0.5) is 0 Å². The lowest BCUT2D eigenvalue weighted by molar-refractivity contribution is 0.503. The molecular formula is C17H24. The SMILES string of the molecule is CC1=C(C)C(C)(C)c2cc(C)ccc2C1(C)C. The van der Waals surface area contributed by atoms with Gasteiger partial charge in [-0.2, -0.15) is 0 Å². The number of allylic oxidation sites excluding steroid dienone is 2. The van der Waals surface area contributed by atoms with Gasteiger partial charge in [0.05, 0.1) is 0 Å². The first-order chi connectivity index (χ1) is 7.69. The van der Waals surface area contributed by atoms with Crippen LogP contribution in [-0.2, 0) is 10.8 Å². The molecule has 2 rings (SSSR count). The van der Waals surface area contributed by atoms with Crippen LogP contribution in [-0.4, -0.2) is 0 Å². The van der Waals surface area contributed by atoms with Crippen molar-refractivity contribution in [2.45, 2.75) is 59.3 Å². The molecule has 0 nitrogen and oxygen atoms in total. The van der Waals surface area contributed by atoms with Crippen LogP contribution in [0.25, 0.3) is 0 Å². The summed E-state index contributed by atoms with van der Waals surface area (Å²) in [4.78, 5) is 0. The Hall–Kier alpha value is -1.04. The van der Waals surface area contributed by atoms with Gasteiger partial charge in [0.15, 0.2) is 0 Å². The fourth-order valence-corrected chi connectivity index (χ4v) is 3.06. The highest BCUT2D eigenvalue weighted by Gasteiger charge is 2.39. The van der Waals surface area contributed by atoms with E-state index in [1.807, 2.05) is 0 Å². The number of hydrogen-bond acceptors (Lipinski definition) is 0. The predicted molar refractivity (Wildman–Crippen MR) is 75.6 cm³/mol. The van der Waals surface area contributed by atoms with E-state index >= 15 is 0 Å². The van der Waals surface area contributed by atoms with Crippen molar-refractivity contribution in [2.24, 2.45) is 0 Å². The van der Waals surface area contributed by atoms with E-state index in [0.717, 1.165) is 0 Å². The van der Waals surface area contributed by atoms with E-state index in [2.05, 4.69) is 66.7 Å². The lowest BCUT2D eigenvalue weighted by Gasteiger charge is -2.44. The van der Waals surface area contributed by atoms with Crippen molar-refractivity contribution in [3.05, 3.63) is 46.0 Å². The van der Waals surface area contributed by atoms with Crippen LogP contribution in [0.1, 0.15) is 58.2 Å². The van der Waals surface area contributed by atoms with Gasteiger partial charge in [-0.25, -0.2) is 0 Å². The maximum absolute atomic E-state index is 2.37. The standard InChI is InChI=1S/C17H24/c1-11-8-9-14-15(10-11)17(6,7)13(3)12(2)16(14,4)5/h8-10H,1-7H3. The van der Waals surface area contributed by atoms with Gasteiger partial charge in [-0.15, -0.1) is 0 Å². The van der Waals surface area contributed by atoms with Crippen LogP contribution in [0.5, 0.6) is 0 Å². The number of rotatable bonds is 0. The minimum absolute atomic E-state index is 0.168. The van der Waals surface area contributed by atoms with E-state index in [-0.39, 0.29) is 10.8 Å². The number of aryl methyl sites for hydroxylation is 1. The topological polar surface area (TPSA) is 0 Å². The maximum Gasteiger partial charge on any atom is 0.0108 e. The van der Waals surface area contributed by atoms with Gasteiger partial charge < -0.3 is 0 Å². The van der Waals surface area contributed by atoms with Gasteiger partial charge >= 0.3 is 0 Å². The molecule has 0 aromatic heterocycles. The lowest BCUT2D eigenvalue weighted by atomic mass is 9.60. The first kappa shape index (κ1) is 12.4. The molecule has 1 aromatic carbocycles. The number of hydrogen-bond donors (Lipinski definition) is 0. The van der Waals surface area contributed by atoms with E-state index in [0.29, 0.717) is 0 Å². The molecule has 0 unspecified atom stereocenters. The molecule has 0 radical (unpaired) electrons. The summed E-state index contributed by atoms with van der Waals surface area (Å²) < 4.78 is 0. The minimum Gasteiger partial charge on any atom is -0.0635 e. The second-order valence-corrected chi connectivity index (χ2v) is 6.55. The van der Waals surface area contributed by atoms with E-state index in [1.54, 1.807) is 0 Å². The Kier molecular flexibility index (Phi) is 2.54. The fraction of sp³-hybridized carbons (Fsp3) is 0.529. The Labute approximate surface area is 106 Å². The molecule has 0 amide bonds. The first-order valence-electron chi connectivity index (χ1n) is 6.49. The zero-order valence-corrected chi connectivity index (χ0v) is 12.2. The maximum atomic E-state index is 2.37. The van der Waals surface area contributed by atoms with Gasteiger partial charge in [0.1, 0.15) is 0 Å². The van der Waals surface area contributed by atoms with Crippen molar-refractivity contribution in [1.82, 2.24) is 0 Å². The number of benzene rings is 1. The molecule has 0 fully saturated rings. The Bertz CT molecular complexity index is 499. The zero-order chi connectivity index (χ0) is 13.0. The van der Waals surface area contributed by atoms with Crippen molar-refractivity contribution in [1.29, 1.82) is 0 Å². The molecule has 0 N–H and O–H groups in total. The largest absolute Gasteiger partial charge is 0.0635 e. The van der Waals surface area contributed by atoms with Crippen molar-refractivity contribution in [3.8, 4) is 0 Å². The molecule has 1 aromatic rings. The summed E-state index contributed by atoms with van der Waals surface area (Å²) >= 11 is 0. The normalized spacial score (nSPS) is 21.4. The van der Waals surface area contributed by atoms with Gasteiger partial charge in [0, 0.05) is 10.8 Å². The molecule has 1 aliphatic carbocycles. The van der Waals surface area contributed by atoms with Gasteiger partial charge in [-0.3, -0.25) is 0 Å². The monoisotopic (exact) mass is 228 g/mol. The molecule has 0 spiro atoms. The van der Waals surface area contributed by atoms with Crippen LogP contribution in [0.3, 0.4) is 0 Å². The smallest absolute Gasteiger partial charge is 0.0108 e. The second-order valence-electron chi connectivity index (χ2n) is 6.55. The molecule has 0 saturated heterocycles. The Morgan fingerprint density at radius 3 is 1.71 bits per heavy atom. The van der Waals surface area contributed by atoms with Gasteiger partial charge in [0.2, 0.25) is 0 Å². The van der Waals surface area contributed by atoms with Crippen LogP contribution in [0.2, 0.25) is 0 Å². The molecule has 0 aliphatic heterocycles. The average Bonchev–Trinajstić information content (AvgIpc) is 2.25. The molecule has 0 heterocycles. The molecule has 0 bridgehead atoms. The Balaban J connectivity index is 2.82. The van der Waals surface area contributed by atoms with Gasteiger partial charge in [-0.1, -0.05) is 62.6 Å². The molecule has 92 valence electrons. The average molecular weight is 228 g/mol. The summed E-state index contributed by atoms with van der Waals surface area (Å²) in [6.07, 6.45) is 0. The highest BCUT2D eigenvalue weighted by Crippen LogP contribution is 2.48. The number of fused-ring (bicyclic) bond motifs is 1. The van der Waals surface area contributed by atoms with E-state index in [9.17, 15) is 0 Å². The summed E-state index contributed by atoms with van der Waals surface area (Å²) in [7, 11) is 0. The molecule has 0 heteroatoms. The van der Waals surface area contributed by atoms with Crippen LogP contribution < -0.4 is 0 Å². The van der Waals surface area contributed by atoms with Gasteiger partial charge in [0.25, 0.3) is 0 Å². The molecule has 0 atom stereocenters. The van der Waals surface area contributed by atoms with E-state index < -0.39 is 0 Å². The first-order valence-corrected chi connectivity index (χ1v) is 6.49. The molecule has 1 aliphatic rings. The third-order valence-electron chi connectivity index (χ3n) is 4.96. The highest BCUT2D eigenvalue weighted by atomic mass is 14.4. The lowest BCUT2D eigenvalue weighted by Crippen LogP contribution is -2.35. The second kappa shape index (κ2) is 3.48. The summed E-state index contributed by atoms with van der Waals surface area (Å²) in [6, 6.07) is 6.93. The van der Waals surface area contributed by atoms with Crippen LogP contribution >= 0.6 is 0 Å². The van der Waals surface area contributed by atoms with Crippen LogP contribution in [0.15, 0.2) is 29.3 Å². The zero-order valence-electron chi connectivity index (χ0n) is 12.2. The predicted octanol–water partition coefficient (Wildman–Crippen LogP) is 4.90. The fourth-order valence-electron chi connectivity index (χ4n) is 3.06. The third-order valence-corrected chi connectivity index (χ3v) is 4.96. The summed E-state index contributed by atoms with van der Waals surface area (Å²) in [5, 5.41) is 0. The van der Waals surface area contributed by atoms with E-state index in [1.165, 1.54) is 27.8 Å². The summed E-state index contributed by atoms with van der Waals surface area (Å²) in [5.74, 6) is 0. The minimum atomic E-state index is 0.168. The van der Waals surface area contributed by atoms with Crippen molar-refractivity contribution in [3.63, 3.8) is 0 Å².